The molecule has 0 atom stereocenters. The van der Waals surface area contributed by atoms with E-state index in [0.717, 1.165) is 11.8 Å². The normalized spacial score (nSPS) is 10.7. The fourth-order valence-corrected chi connectivity index (χ4v) is 4.05. The highest BCUT2D eigenvalue weighted by molar-refractivity contribution is 5.81. The number of nitrogens with zero attached hydrogens (tertiary/aromatic N) is 9. The summed E-state index contributed by atoms with van der Waals surface area (Å²) < 4.78 is 43.5. The van der Waals surface area contributed by atoms with Gasteiger partial charge in [0, 0.05) is 29.2 Å². The summed E-state index contributed by atoms with van der Waals surface area (Å²) in [5, 5.41) is 26.9. The van der Waals surface area contributed by atoms with Crippen LogP contribution in [0.4, 0.5) is 13.2 Å². The van der Waals surface area contributed by atoms with E-state index in [9.17, 15) is 13.2 Å². The van der Waals surface area contributed by atoms with Gasteiger partial charge < -0.3 is 0 Å². The Labute approximate surface area is 225 Å². The van der Waals surface area contributed by atoms with E-state index in [0.29, 0.717) is 27.8 Å². The highest BCUT2D eigenvalue weighted by Gasteiger charge is 2.15. The van der Waals surface area contributed by atoms with Crippen LogP contribution in [0.3, 0.4) is 0 Å². The Bertz CT molecular complexity index is 1950. The Kier molecular flexibility index (Phi) is 7.16. The van der Waals surface area contributed by atoms with E-state index in [2.05, 4.69) is 25.1 Å². The predicted molar refractivity (Wildman–Crippen MR) is 138 cm³/mol. The number of hydrogen-bond donors (Lipinski definition) is 0. The van der Waals surface area contributed by atoms with Crippen molar-refractivity contribution in [3.63, 3.8) is 0 Å². The van der Waals surface area contributed by atoms with E-state index in [1.54, 1.807) is 30.3 Å². The molecule has 0 amide bonds. The molecule has 0 radical (unpaired) electrons. The third-order valence-corrected chi connectivity index (χ3v) is 5.94. The Balaban J connectivity index is 0.000000162. The van der Waals surface area contributed by atoms with E-state index < -0.39 is 11.6 Å². The average molecular weight is 538 g/mol. The third kappa shape index (κ3) is 5.06. The molecule has 0 aliphatic rings. The summed E-state index contributed by atoms with van der Waals surface area (Å²) in [5.41, 5.74) is 3.20. The second-order valence-corrected chi connectivity index (χ2v) is 8.59. The van der Waals surface area contributed by atoms with Gasteiger partial charge in [-0.1, -0.05) is 30.3 Å². The lowest BCUT2D eigenvalue weighted by molar-refractivity contribution is 0.493. The minimum Gasteiger partial charge on any atom is -0.248 e. The largest absolute Gasteiger partial charge is 0.248 e. The number of rotatable bonds is 4. The first-order chi connectivity index (χ1) is 19.4. The van der Waals surface area contributed by atoms with Crippen LogP contribution in [0.2, 0.25) is 0 Å². The summed E-state index contributed by atoms with van der Waals surface area (Å²) in [6.45, 7) is 2.04. The third-order valence-electron chi connectivity index (χ3n) is 5.94. The van der Waals surface area contributed by atoms with Crippen LogP contribution in [0.1, 0.15) is 28.2 Å². The molecule has 0 fully saturated rings. The zero-order valence-electron chi connectivity index (χ0n) is 20.9. The molecule has 6 aromatic rings. The van der Waals surface area contributed by atoms with E-state index in [1.807, 2.05) is 19.1 Å². The molecule has 0 spiro atoms. The van der Waals surface area contributed by atoms with Crippen molar-refractivity contribution < 1.29 is 13.2 Å². The maximum atomic E-state index is 13.8. The fraction of sp³-hybridized carbons (Fsp3) is 0.107. The first-order valence-corrected chi connectivity index (χ1v) is 11.9. The molecule has 4 heterocycles. The Morgan fingerprint density at radius 2 is 1.38 bits per heavy atom. The molecular weight excluding hydrogens is 519 g/mol. The lowest BCUT2D eigenvalue weighted by atomic mass is 10.2. The van der Waals surface area contributed by atoms with Crippen molar-refractivity contribution in [1.29, 1.82) is 10.5 Å². The predicted octanol–water partition coefficient (Wildman–Crippen LogP) is 4.82. The van der Waals surface area contributed by atoms with Gasteiger partial charge in [-0.3, -0.25) is 0 Å². The van der Waals surface area contributed by atoms with E-state index in [4.69, 9.17) is 10.5 Å². The van der Waals surface area contributed by atoms with Gasteiger partial charge in [0.15, 0.2) is 34.3 Å². The van der Waals surface area contributed by atoms with Crippen LogP contribution in [-0.4, -0.2) is 34.5 Å². The molecule has 0 saturated heterocycles. The molecule has 0 bridgehead atoms. The zero-order valence-corrected chi connectivity index (χ0v) is 20.9. The van der Waals surface area contributed by atoms with Crippen molar-refractivity contribution >= 4 is 22.2 Å². The second kappa shape index (κ2) is 11.0. The summed E-state index contributed by atoms with van der Waals surface area (Å²) in [6.07, 6.45) is 3.02. The minimum absolute atomic E-state index is 0.0121. The van der Waals surface area contributed by atoms with Crippen LogP contribution < -0.4 is 0 Å². The molecule has 12 heteroatoms. The van der Waals surface area contributed by atoms with Gasteiger partial charge in [0.2, 0.25) is 0 Å². The van der Waals surface area contributed by atoms with Crippen LogP contribution in [0.25, 0.3) is 22.2 Å². The number of benzene rings is 2. The summed E-state index contributed by atoms with van der Waals surface area (Å²) >= 11 is 0. The van der Waals surface area contributed by atoms with Gasteiger partial charge in [0.1, 0.15) is 23.5 Å². The number of aryl methyl sites for hydroxylation is 1. The van der Waals surface area contributed by atoms with Gasteiger partial charge >= 0.3 is 0 Å². The maximum absolute atomic E-state index is 13.8. The molecular formula is C28H18F3N9. The van der Waals surface area contributed by atoms with Crippen molar-refractivity contribution in [2.45, 2.75) is 20.0 Å². The van der Waals surface area contributed by atoms with E-state index >= 15 is 0 Å². The van der Waals surface area contributed by atoms with Crippen LogP contribution >= 0.6 is 0 Å². The molecule has 6 rings (SSSR count). The number of hydrogen-bond acceptors (Lipinski definition) is 7. The summed E-state index contributed by atoms with van der Waals surface area (Å²) in [5.74, 6) is -2.13. The molecule has 0 aliphatic heterocycles. The van der Waals surface area contributed by atoms with Gasteiger partial charge in [0.25, 0.3) is 0 Å². The van der Waals surface area contributed by atoms with Gasteiger partial charge in [0.05, 0.1) is 18.5 Å². The van der Waals surface area contributed by atoms with Crippen molar-refractivity contribution in [2.24, 2.45) is 0 Å². The minimum atomic E-state index is -0.910. The fourth-order valence-electron chi connectivity index (χ4n) is 4.05. The molecule has 0 N–H and O–H groups in total. The van der Waals surface area contributed by atoms with Crippen LogP contribution in [-0.2, 0) is 13.1 Å². The average Bonchev–Trinajstić information content (AvgIpc) is 3.50. The molecule has 0 saturated carbocycles. The van der Waals surface area contributed by atoms with Crippen LogP contribution in [0.5, 0.6) is 0 Å². The zero-order chi connectivity index (χ0) is 28.2. The van der Waals surface area contributed by atoms with Gasteiger partial charge in [-0.15, -0.1) is 0 Å². The quantitative estimate of drug-likeness (QED) is 0.316. The Hall–Kier alpha value is -5.62. The number of halogens is 3. The topological polar surface area (TPSA) is 122 Å². The van der Waals surface area contributed by atoms with Crippen LogP contribution in [0, 0.1) is 47.0 Å². The highest BCUT2D eigenvalue weighted by Crippen LogP contribution is 2.20. The van der Waals surface area contributed by atoms with Crippen molar-refractivity contribution in [3.8, 4) is 12.1 Å². The standard InChI is InChI=1S/C15H10F2N4.C13H8FN5/c1-9-5-6-11-13(7-18)20-21(15(11)19-9)8-10-3-2-4-12(16)14(10)17;14-10-4-2-1-3-9(10)8-19-13-12(11(7-15)18-19)16-5-6-17-13/h2-6H,8H2,1H3;1-6H,8H2. The van der Waals surface area contributed by atoms with Crippen LogP contribution in [0.15, 0.2) is 67.0 Å². The number of aromatic nitrogens is 7. The van der Waals surface area contributed by atoms with E-state index in [1.165, 1.54) is 40.0 Å². The summed E-state index contributed by atoms with van der Waals surface area (Å²) in [4.78, 5) is 12.5. The summed E-state index contributed by atoms with van der Waals surface area (Å²) in [7, 11) is 0. The first-order valence-electron chi connectivity index (χ1n) is 11.9. The van der Waals surface area contributed by atoms with Crippen molar-refractivity contribution in [2.75, 3.05) is 0 Å². The van der Waals surface area contributed by atoms with Gasteiger partial charge in [-0.05, 0) is 31.2 Å². The molecule has 40 heavy (non-hydrogen) atoms. The monoisotopic (exact) mass is 537 g/mol. The lowest BCUT2D eigenvalue weighted by Gasteiger charge is -2.05. The van der Waals surface area contributed by atoms with E-state index in [-0.39, 0.29) is 35.9 Å². The molecule has 196 valence electrons. The SMILES string of the molecule is Cc1ccc2c(C#N)nn(Cc3cccc(F)c3F)c2n1.N#Cc1nn(Cc2ccccc2F)c2nccnc12. The molecule has 2 aromatic carbocycles. The smallest absolute Gasteiger partial charge is 0.190 e. The molecule has 0 aliphatic carbocycles. The highest BCUT2D eigenvalue weighted by atomic mass is 19.2. The van der Waals surface area contributed by atoms with Gasteiger partial charge in [-0.2, -0.15) is 20.7 Å². The first kappa shape index (κ1) is 26.0. The Morgan fingerprint density at radius 1 is 0.725 bits per heavy atom. The lowest BCUT2D eigenvalue weighted by Crippen LogP contribution is -2.06. The molecule has 0 unspecified atom stereocenters. The number of fused-ring (bicyclic) bond motifs is 2. The summed E-state index contributed by atoms with van der Waals surface area (Å²) in [6, 6.07) is 17.9. The number of nitriles is 2. The van der Waals surface area contributed by atoms with Crippen molar-refractivity contribution in [3.05, 3.63) is 113 Å². The number of pyridine rings is 1. The molecule has 4 aromatic heterocycles. The molecule has 9 nitrogen and oxygen atoms in total. The maximum Gasteiger partial charge on any atom is 0.190 e. The second-order valence-electron chi connectivity index (χ2n) is 8.59. The van der Waals surface area contributed by atoms with Gasteiger partial charge in [-0.25, -0.2) is 37.5 Å². The Morgan fingerprint density at radius 3 is 2.15 bits per heavy atom. The van der Waals surface area contributed by atoms with Crippen molar-refractivity contribution in [1.82, 2.24) is 34.5 Å².